The molecule has 2 aromatic rings. The third-order valence-electron chi connectivity index (χ3n) is 7.96. The minimum absolute atomic E-state index is 0.0156. The molecule has 1 fully saturated rings. The molecular formula is C32H33F7N2O2. The normalized spacial score (nSPS) is 16.2. The van der Waals surface area contributed by atoms with Crippen LogP contribution in [0.3, 0.4) is 0 Å². The van der Waals surface area contributed by atoms with Crippen LogP contribution in [0.4, 0.5) is 30.7 Å². The Balaban J connectivity index is 2.18. The van der Waals surface area contributed by atoms with E-state index in [-0.39, 0.29) is 17.8 Å². The number of alkyl halides is 6. The highest BCUT2D eigenvalue weighted by Crippen LogP contribution is 2.40. The number of carbonyl (C=O) groups is 2. The maximum atomic E-state index is 14.0. The van der Waals surface area contributed by atoms with Crippen LogP contribution in [0, 0.1) is 18.7 Å². The van der Waals surface area contributed by atoms with Gasteiger partial charge in [-0.15, -0.1) is 0 Å². The molecule has 0 spiro atoms. The minimum atomic E-state index is -5.08. The number of allylic oxidation sites excluding steroid dienone is 4. The molecule has 0 aromatic heterocycles. The van der Waals surface area contributed by atoms with E-state index < -0.39 is 46.2 Å². The first-order chi connectivity index (χ1) is 19.8. The SMILES string of the molecule is C=N/C(=C\C(=C(/C)N(C)C(=O)C(C)(C)c1cc(C(F)(F)F)cc(C(F)(F)F)c1)c1ccc(F)cc1C)C1CCC(=O)CC1. The molecule has 1 amide bonds. The molecule has 0 heterocycles. The first-order valence-corrected chi connectivity index (χ1v) is 13.5. The van der Waals surface area contributed by atoms with Crippen molar-refractivity contribution in [1.82, 2.24) is 4.90 Å². The molecule has 43 heavy (non-hydrogen) atoms. The van der Waals surface area contributed by atoms with Crippen molar-refractivity contribution in [3.8, 4) is 0 Å². The van der Waals surface area contributed by atoms with Crippen LogP contribution in [0.25, 0.3) is 5.57 Å². The van der Waals surface area contributed by atoms with Gasteiger partial charge >= 0.3 is 12.4 Å². The molecule has 2 aromatic carbocycles. The minimum Gasteiger partial charge on any atom is -0.318 e. The summed E-state index contributed by atoms with van der Waals surface area (Å²) in [6.07, 6.45) is -6.65. The van der Waals surface area contributed by atoms with Gasteiger partial charge in [-0.25, -0.2) is 4.39 Å². The standard InChI is InChI=1S/C32H33F7N2O2/c1-18-13-24(33)9-12-26(18)27(17-28(40-5)20-7-10-25(42)11-8-20)19(2)41(6)29(43)30(3,4)21-14-22(31(34,35)36)16-23(15-21)32(37,38)39/h9,12-17,20H,5,7-8,10-11H2,1-4,6H3/b27-19-,28-17-. The number of benzene rings is 2. The van der Waals surface area contributed by atoms with Gasteiger partial charge in [-0.3, -0.25) is 14.6 Å². The van der Waals surface area contributed by atoms with Crippen molar-refractivity contribution in [2.45, 2.75) is 71.1 Å². The van der Waals surface area contributed by atoms with Gasteiger partial charge in [-0.05, 0) is 100 Å². The van der Waals surface area contributed by atoms with Crippen LogP contribution in [0.2, 0.25) is 0 Å². The summed E-state index contributed by atoms with van der Waals surface area (Å²) in [7, 11) is 1.37. The highest BCUT2D eigenvalue weighted by molar-refractivity contribution is 5.91. The van der Waals surface area contributed by atoms with Crippen molar-refractivity contribution in [2.24, 2.45) is 10.9 Å². The van der Waals surface area contributed by atoms with E-state index in [1.54, 1.807) is 19.9 Å². The van der Waals surface area contributed by atoms with E-state index in [1.165, 1.54) is 39.1 Å². The number of hydrogen-bond acceptors (Lipinski definition) is 3. The third-order valence-corrected chi connectivity index (χ3v) is 7.96. The summed E-state index contributed by atoms with van der Waals surface area (Å²) in [4.78, 5) is 31.0. The van der Waals surface area contributed by atoms with Gasteiger partial charge in [0.25, 0.3) is 0 Å². The molecule has 1 saturated carbocycles. The van der Waals surface area contributed by atoms with Crippen molar-refractivity contribution in [2.75, 3.05) is 7.05 Å². The lowest BCUT2D eigenvalue weighted by Gasteiger charge is -2.32. The van der Waals surface area contributed by atoms with E-state index in [9.17, 15) is 40.3 Å². The van der Waals surface area contributed by atoms with Gasteiger partial charge in [0, 0.05) is 42.8 Å². The molecule has 0 atom stereocenters. The number of ketones is 1. The summed E-state index contributed by atoms with van der Waals surface area (Å²) in [5.74, 6) is -1.25. The zero-order valence-corrected chi connectivity index (χ0v) is 24.5. The average molecular weight is 611 g/mol. The molecule has 4 nitrogen and oxygen atoms in total. The van der Waals surface area contributed by atoms with E-state index in [2.05, 4.69) is 11.7 Å². The van der Waals surface area contributed by atoms with Crippen LogP contribution >= 0.6 is 0 Å². The van der Waals surface area contributed by atoms with Crippen molar-refractivity contribution < 1.29 is 40.3 Å². The molecule has 0 unspecified atom stereocenters. The number of amides is 1. The summed E-state index contributed by atoms with van der Waals surface area (Å²) in [5, 5.41) is 0. The van der Waals surface area contributed by atoms with Gasteiger partial charge in [0.1, 0.15) is 11.6 Å². The maximum Gasteiger partial charge on any atom is 0.416 e. The number of aryl methyl sites for hydroxylation is 1. The zero-order chi connectivity index (χ0) is 32.5. The lowest BCUT2D eigenvalue weighted by atomic mass is 9.81. The summed E-state index contributed by atoms with van der Waals surface area (Å²) < 4.78 is 95.4. The fourth-order valence-electron chi connectivity index (χ4n) is 5.17. The van der Waals surface area contributed by atoms with Gasteiger partial charge in [0.15, 0.2) is 0 Å². The molecule has 0 bridgehead atoms. The summed E-state index contributed by atoms with van der Waals surface area (Å²) >= 11 is 0. The first-order valence-electron chi connectivity index (χ1n) is 13.5. The van der Waals surface area contributed by atoms with Crippen molar-refractivity contribution in [3.05, 3.63) is 87.5 Å². The van der Waals surface area contributed by atoms with E-state index >= 15 is 0 Å². The molecule has 1 aliphatic carbocycles. The lowest BCUT2D eigenvalue weighted by molar-refractivity contribution is -0.143. The van der Waals surface area contributed by atoms with Crippen LogP contribution in [0.15, 0.2) is 58.9 Å². The monoisotopic (exact) mass is 610 g/mol. The smallest absolute Gasteiger partial charge is 0.318 e. The Labute approximate surface area is 246 Å². The zero-order valence-electron chi connectivity index (χ0n) is 24.5. The number of hydrogen-bond donors (Lipinski definition) is 0. The lowest BCUT2D eigenvalue weighted by Crippen LogP contribution is -2.41. The van der Waals surface area contributed by atoms with Crippen LogP contribution in [0.5, 0.6) is 0 Å². The summed E-state index contributed by atoms with van der Waals surface area (Å²) in [6, 6.07) is 5.16. The van der Waals surface area contributed by atoms with E-state index in [1.807, 2.05) is 0 Å². The molecule has 232 valence electrons. The topological polar surface area (TPSA) is 49.7 Å². The van der Waals surface area contributed by atoms with E-state index in [0.717, 1.165) is 4.90 Å². The summed E-state index contributed by atoms with van der Waals surface area (Å²) in [5.41, 5.74) is -3.02. The predicted molar refractivity (Wildman–Crippen MR) is 151 cm³/mol. The van der Waals surface area contributed by atoms with Crippen LogP contribution in [0.1, 0.15) is 74.3 Å². The molecule has 11 heteroatoms. The third kappa shape index (κ3) is 7.61. The quantitative estimate of drug-likeness (QED) is 0.179. The van der Waals surface area contributed by atoms with Crippen molar-refractivity contribution in [1.29, 1.82) is 0 Å². The number of nitrogens with zero attached hydrogens (tertiary/aromatic N) is 2. The Morgan fingerprint density at radius 3 is 1.93 bits per heavy atom. The fraction of sp³-hybridized carbons (Fsp3) is 0.406. The molecule has 0 saturated heterocycles. The largest absolute Gasteiger partial charge is 0.416 e. The summed E-state index contributed by atoms with van der Waals surface area (Å²) in [6.45, 7) is 9.40. The molecule has 1 aliphatic rings. The van der Waals surface area contributed by atoms with Gasteiger partial charge in [0.2, 0.25) is 5.91 Å². The number of aliphatic imine (C=N–C) groups is 1. The second-order valence-electron chi connectivity index (χ2n) is 11.3. The molecular weight excluding hydrogens is 577 g/mol. The second-order valence-corrected chi connectivity index (χ2v) is 11.3. The predicted octanol–water partition coefficient (Wildman–Crippen LogP) is 8.68. The molecule has 0 N–H and O–H groups in total. The Bertz CT molecular complexity index is 1440. The van der Waals surface area contributed by atoms with Crippen molar-refractivity contribution in [3.63, 3.8) is 0 Å². The number of Topliss-reactive ketones (excluding diaryl/α,β-unsaturated/α-hetero) is 1. The number of carbonyl (C=O) groups excluding carboxylic acids is 2. The van der Waals surface area contributed by atoms with Crippen LogP contribution in [-0.4, -0.2) is 30.4 Å². The van der Waals surface area contributed by atoms with Crippen molar-refractivity contribution >= 4 is 24.0 Å². The Kier molecular flexibility index (Phi) is 9.78. The molecule has 0 aliphatic heterocycles. The highest BCUT2D eigenvalue weighted by Gasteiger charge is 2.41. The van der Waals surface area contributed by atoms with Crippen LogP contribution < -0.4 is 0 Å². The Morgan fingerprint density at radius 1 is 0.953 bits per heavy atom. The van der Waals surface area contributed by atoms with E-state index in [0.29, 0.717) is 65.9 Å². The molecule has 0 radical (unpaired) electrons. The Hall–Kier alpha value is -3.76. The van der Waals surface area contributed by atoms with Gasteiger partial charge in [-0.2, -0.15) is 26.3 Å². The number of halogens is 7. The highest BCUT2D eigenvalue weighted by atomic mass is 19.4. The second kappa shape index (κ2) is 12.5. The van der Waals surface area contributed by atoms with Gasteiger partial charge < -0.3 is 4.90 Å². The van der Waals surface area contributed by atoms with Gasteiger partial charge in [-0.1, -0.05) is 6.07 Å². The van der Waals surface area contributed by atoms with Gasteiger partial charge in [0.05, 0.1) is 16.5 Å². The fourth-order valence-corrected chi connectivity index (χ4v) is 5.17. The van der Waals surface area contributed by atoms with E-state index in [4.69, 9.17) is 0 Å². The Morgan fingerprint density at radius 2 is 1.47 bits per heavy atom. The number of rotatable bonds is 7. The van der Waals surface area contributed by atoms with Crippen LogP contribution in [-0.2, 0) is 27.4 Å². The first kappa shape index (κ1) is 33.7. The number of likely N-dealkylation sites (N-methyl/N-ethyl adjacent to an activating group) is 1. The maximum absolute atomic E-state index is 14.0. The molecule has 3 rings (SSSR count). The average Bonchev–Trinajstić information content (AvgIpc) is 2.92.